The van der Waals surface area contributed by atoms with E-state index in [1.54, 1.807) is 12.1 Å². The number of benzene rings is 3. The van der Waals surface area contributed by atoms with Crippen LogP contribution in [-0.2, 0) is 16.1 Å². The van der Waals surface area contributed by atoms with Crippen LogP contribution in [0.2, 0.25) is 5.02 Å². The average Bonchev–Trinajstić information content (AvgIpc) is 3.29. The molecule has 1 saturated carbocycles. The molecule has 0 heterocycles. The van der Waals surface area contributed by atoms with Crippen LogP contribution in [-0.4, -0.2) is 12.1 Å². The van der Waals surface area contributed by atoms with Crippen LogP contribution in [0.3, 0.4) is 0 Å². The van der Waals surface area contributed by atoms with Crippen molar-refractivity contribution in [2.45, 2.75) is 26.6 Å². The number of hydrogen-bond acceptors (Lipinski definition) is 4. The topological polar surface area (TPSA) is 44.8 Å². The Hall–Kier alpha value is -2.50. The maximum absolute atomic E-state index is 12.7. The van der Waals surface area contributed by atoms with Crippen molar-refractivity contribution in [3.63, 3.8) is 0 Å². The summed E-state index contributed by atoms with van der Waals surface area (Å²) in [6.45, 7) is 4.15. The molecule has 31 heavy (non-hydrogen) atoms. The van der Waals surface area contributed by atoms with Gasteiger partial charge in [0.15, 0.2) is 0 Å². The minimum absolute atomic E-state index is 0.170. The van der Waals surface area contributed by atoms with Gasteiger partial charge >= 0.3 is 5.97 Å². The summed E-state index contributed by atoms with van der Waals surface area (Å²) in [5.41, 5.74) is 0.528. The molecule has 4 nitrogen and oxygen atoms in total. The van der Waals surface area contributed by atoms with Crippen molar-refractivity contribution in [3.05, 3.63) is 87.9 Å². The van der Waals surface area contributed by atoms with Crippen molar-refractivity contribution in [1.29, 1.82) is 0 Å². The standard InChI is InChI=1S/C25H22BrClO4/c1-25(2)22(23(25)31-21-12-11-17(26)14-20(21)27)24(28)29-15-16-7-6-10-19(13-16)30-18-8-4-3-5-9-18/h3-14,22-23H,15H2,1-2H3. The summed E-state index contributed by atoms with van der Waals surface area (Å²) in [7, 11) is 0. The summed E-state index contributed by atoms with van der Waals surface area (Å²) in [5.74, 6) is 1.37. The molecule has 0 saturated heterocycles. The first kappa shape index (κ1) is 21.7. The lowest BCUT2D eigenvalue weighted by molar-refractivity contribution is -0.147. The van der Waals surface area contributed by atoms with E-state index in [0.717, 1.165) is 15.8 Å². The van der Waals surface area contributed by atoms with E-state index in [1.807, 2.05) is 74.5 Å². The van der Waals surface area contributed by atoms with Gasteiger partial charge in [0, 0.05) is 9.89 Å². The molecule has 0 aromatic heterocycles. The highest BCUT2D eigenvalue weighted by Gasteiger charge is 2.65. The Morgan fingerprint density at radius 1 is 1.00 bits per heavy atom. The van der Waals surface area contributed by atoms with E-state index in [9.17, 15) is 4.79 Å². The lowest BCUT2D eigenvalue weighted by Crippen LogP contribution is -2.12. The van der Waals surface area contributed by atoms with Gasteiger partial charge in [-0.05, 0) is 48.0 Å². The third kappa shape index (κ3) is 5.05. The van der Waals surface area contributed by atoms with Gasteiger partial charge in [-0.2, -0.15) is 0 Å². The summed E-state index contributed by atoms with van der Waals surface area (Å²) in [6, 6.07) is 22.5. The predicted octanol–water partition coefficient (Wildman–Crippen LogP) is 7.04. The number of rotatable bonds is 7. The van der Waals surface area contributed by atoms with E-state index >= 15 is 0 Å². The van der Waals surface area contributed by atoms with E-state index in [4.69, 9.17) is 25.8 Å². The molecule has 1 fully saturated rings. The molecule has 6 heteroatoms. The van der Waals surface area contributed by atoms with Crippen LogP contribution in [0.15, 0.2) is 77.3 Å². The second-order valence-electron chi connectivity index (χ2n) is 8.08. The summed E-state index contributed by atoms with van der Waals surface area (Å²) < 4.78 is 18.3. The largest absolute Gasteiger partial charge is 0.487 e. The summed E-state index contributed by atoms with van der Waals surface area (Å²) >= 11 is 9.63. The highest BCUT2D eigenvalue weighted by atomic mass is 79.9. The molecule has 3 aromatic rings. The Labute approximate surface area is 195 Å². The number of carbonyl (C=O) groups excluding carboxylic acids is 1. The van der Waals surface area contributed by atoms with Gasteiger partial charge in [0.2, 0.25) is 0 Å². The van der Waals surface area contributed by atoms with E-state index in [1.165, 1.54) is 0 Å². The van der Waals surface area contributed by atoms with Crippen molar-refractivity contribution in [1.82, 2.24) is 0 Å². The highest BCUT2D eigenvalue weighted by molar-refractivity contribution is 9.10. The van der Waals surface area contributed by atoms with Crippen molar-refractivity contribution < 1.29 is 19.0 Å². The van der Waals surface area contributed by atoms with Crippen molar-refractivity contribution >= 4 is 33.5 Å². The number of carbonyl (C=O) groups is 1. The van der Waals surface area contributed by atoms with Gasteiger partial charge in [-0.1, -0.05) is 71.7 Å². The smallest absolute Gasteiger partial charge is 0.313 e. The molecule has 1 aliphatic carbocycles. The van der Waals surface area contributed by atoms with Crippen LogP contribution in [0, 0.1) is 11.3 Å². The van der Waals surface area contributed by atoms with Crippen LogP contribution in [0.5, 0.6) is 17.2 Å². The number of halogens is 2. The molecule has 2 unspecified atom stereocenters. The Kier molecular flexibility index (Phi) is 6.26. The summed E-state index contributed by atoms with van der Waals surface area (Å²) in [4.78, 5) is 12.7. The molecule has 2 atom stereocenters. The van der Waals surface area contributed by atoms with Gasteiger partial charge in [0.1, 0.15) is 35.9 Å². The Balaban J connectivity index is 1.36. The van der Waals surface area contributed by atoms with Gasteiger partial charge < -0.3 is 14.2 Å². The minimum atomic E-state index is -0.351. The first-order chi connectivity index (χ1) is 14.8. The average molecular weight is 502 g/mol. The van der Waals surface area contributed by atoms with Gasteiger partial charge in [-0.3, -0.25) is 4.79 Å². The van der Waals surface area contributed by atoms with Gasteiger partial charge in [0.25, 0.3) is 0 Å². The summed E-state index contributed by atoms with van der Waals surface area (Å²) in [5, 5.41) is 0.499. The third-order valence-corrected chi connectivity index (χ3v) is 6.18. The fourth-order valence-electron chi connectivity index (χ4n) is 3.51. The molecule has 0 amide bonds. The molecule has 160 valence electrons. The maximum Gasteiger partial charge on any atom is 0.313 e. The Bertz CT molecular complexity index is 1080. The Morgan fingerprint density at radius 2 is 1.74 bits per heavy atom. The molecular formula is C25H22BrClO4. The number of esters is 1. The number of ether oxygens (including phenoxy) is 3. The molecule has 0 spiro atoms. The van der Waals surface area contributed by atoms with E-state index in [2.05, 4.69) is 15.9 Å². The van der Waals surface area contributed by atoms with Crippen LogP contribution in [0.1, 0.15) is 19.4 Å². The van der Waals surface area contributed by atoms with E-state index in [-0.39, 0.29) is 30.0 Å². The predicted molar refractivity (Wildman–Crippen MR) is 124 cm³/mol. The summed E-state index contributed by atoms with van der Waals surface area (Å²) in [6.07, 6.45) is -0.286. The van der Waals surface area contributed by atoms with Crippen molar-refractivity contribution in [2.75, 3.05) is 0 Å². The fourth-order valence-corrected chi connectivity index (χ4v) is 4.23. The zero-order valence-electron chi connectivity index (χ0n) is 17.2. The molecular weight excluding hydrogens is 480 g/mol. The Morgan fingerprint density at radius 3 is 2.48 bits per heavy atom. The van der Waals surface area contributed by atoms with Crippen molar-refractivity contribution in [3.8, 4) is 17.2 Å². The monoisotopic (exact) mass is 500 g/mol. The quantitative estimate of drug-likeness (QED) is 0.326. The second kappa shape index (κ2) is 8.93. The SMILES string of the molecule is CC1(C)C(Oc2ccc(Br)cc2Cl)C1C(=O)OCc1cccc(Oc2ccccc2)c1. The van der Waals surface area contributed by atoms with Crippen LogP contribution in [0.4, 0.5) is 0 Å². The molecule has 0 radical (unpaired) electrons. The van der Waals surface area contributed by atoms with Gasteiger partial charge in [-0.15, -0.1) is 0 Å². The fraction of sp³-hybridized carbons (Fsp3) is 0.240. The first-order valence-corrected chi connectivity index (χ1v) is 11.1. The number of para-hydroxylation sites is 1. The lowest BCUT2D eigenvalue weighted by atomic mass is 10.1. The molecule has 0 bridgehead atoms. The maximum atomic E-state index is 12.7. The van der Waals surface area contributed by atoms with Crippen LogP contribution < -0.4 is 9.47 Å². The van der Waals surface area contributed by atoms with Gasteiger partial charge in [0.05, 0.1) is 5.02 Å². The van der Waals surface area contributed by atoms with E-state index < -0.39 is 0 Å². The van der Waals surface area contributed by atoms with Crippen LogP contribution in [0.25, 0.3) is 0 Å². The zero-order valence-corrected chi connectivity index (χ0v) is 19.5. The van der Waals surface area contributed by atoms with Crippen molar-refractivity contribution in [2.24, 2.45) is 11.3 Å². The first-order valence-electron chi connectivity index (χ1n) is 9.95. The third-order valence-electron chi connectivity index (χ3n) is 5.39. The molecule has 4 rings (SSSR count). The second-order valence-corrected chi connectivity index (χ2v) is 9.41. The highest BCUT2D eigenvalue weighted by Crippen LogP contribution is 2.55. The van der Waals surface area contributed by atoms with E-state index in [0.29, 0.717) is 16.5 Å². The molecule has 3 aromatic carbocycles. The van der Waals surface area contributed by atoms with Crippen LogP contribution >= 0.6 is 27.5 Å². The zero-order chi connectivity index (χ0) is 22.0. The van der Waals surface area contributed by atoms with Gasteiger partial charge in [-0.25, -0.2) is 0 Å². The molecule has 0 N–H and O–H groups in total. The lowest BCUT2D eigenvalue weighted by Gasteiger charge is -2.09. The molecule has 1 aliphatic rings. The minimum Gasteiger partial charge on any atom is -0.487 e. The molecule has 0 aliphatic heterocycles. The normalized spacial score (nSPS) is 18.8. The number of hydrogen-bond donors (Lipinski definition) is 0.